The molecular weight excluding hydrogens is 281 g/mol. The summed E-state index contributed by atoms with van der Waals surface area (Å²) in [5.41, 5.74) is 5.00. The zero-order valence-electron chi connectivity index (χ0n) is 12.1. The van der Waals surface area contributed by atoms with Gasteiger partial charge in [-0.3, -0.25) is 18.7 Å². The van der Waals surface area contributed by atoms with Gasteiger partial charge in [0.05, 0.1) is 0 Å². The second-order valence-electron chi connectivity index (χ2n) is 2.32. The van der Waals surface area contributed by atoms with Crippen molar-refractivity contribution in [3.8, 4) is 0 Å². The Labute approximate surface area is 140 Å². The Kier molecular flexibility index (Phi) is 20.0. The van der Waals surface area contributed by atoms with Crippen molar-refractivity contribution in [1.82, 2.24) is 0 Å². The molecule has 0 fully saturated rings. The fraction of sp³-hybridized carbons (Fsp3) is 0.600. The summed E-state index contributed by atoms with van der Waals surface area (Å²) in [5.74, 6) is -2.20. The Bertz CT molecular complexity index is 324. The molecule has 0 rings (SSSR count). The Morgan fingerprint density at radius 2 is 1.53 bits per heavy atom. The molecule has 0 spiro atoms. The average Bonchev–Trinajstić information content (AvgIpc) is 1.96. The maximum Gasteiger partial charge on any atom is 2.00 e. The molecular formula is C5H14MgNNaO8S. The first-order chi connectivity index (χ1) is 6.54. The van der Waals surface area contributed by atoms with Gasteiger partial charge < -0.3 is 20.2 Å². The molecule has 96 valence electrons. The van der Waals surface area contributed by atoms with Crippen LogP contribution in [-0.2, 0) is 20.0 Å². The van der Waals surface area contributed by atoms with Gasteiger partial charge in [-0.25, -0.2) is 0 Å². The Balaban J connectivity index is -0.0000000303. The third kappa shape index (κ3) is 38.4. The minimum absolute atomic E-state index is 0. The van der Waals surface area contributed by atoms with Gasteiger partial charge >= 0.3 is 74.9 Å². The van der Waals surface area contributed by atoms with Crippen LogP contribution in [0.5, 0.6) is 0 Å². The van der Waals surface area contributed by atoms with Crippen molar-refractivity contribution in [3.63, 3.8) is 0 Å². The molecule has 0 aliphatic rings. The zero-order valence-corrected chi connectivity index (χ0v) is 13.3. The molecule has 6 N–H and O–H groups in total. The molecule has 12 heteroatoms. The van der Waals surface area contributed by atoms with Gasteiger partial charge in [0, 0.05) is 6.42 Å². The molecule has 0 saturated carbocycles. The summed E-state index contributed by atoms with van der Waals surface area (Å²) in [5, 5.41) is 16.3. The molecule has 0 amide bonds. The molecule has 17 heavy (non-hydrogen) atoms. The zero-order chi connectivity index (χ0) is 12.6. The van der Waals surface area contributed by atoms with Crippen molar-refractivity contribution < 1.29 is 71.2 Å². The van der Waals surface area contributed by atoms with Crippen LogP contribution in [-0.4, -0.2) is 68.8 Å². The van der Waals surface area contributed by atoms with Gasteiger partial charge in [-0.15, -0.1) is 0 Å². The predicted octanol–water partition coefficient (Wildman–Crippen LogP) is -4.43. The van der Waals surface area contributed by atoms with Crippen molar-refractivity contribution in [2.24, 2.45) is 5.73 Å². The van der Waals surface area contributed by atoms with Crippen LogP contribution in [0.3, 0.4) is 0 Å². The number of aliphatic carboxylic acids is 2. The van der Waals surface area contributed by atoms with E-state index in [0.717, 1.165) is 0 Å². The Morgan fingerprint density at radius 1 is 1.24 bits per heavy atom. The second-order valence-corrected chi connectivity index (χ2v) is 3.22. The maximum absolute atomic E-state index is 9.99. The van der Waals surface area contributed by atoms with Gasteiger partial charge in [-0.1, -0.05) is 0 Å². The van der Waals surface area contributed by atoms with Crippen molar-refractivity contribution in [2.45, 2.75) is 18.9 Å². The fourth-order valence-corrected chi connectivity index (χ4v) is 0.402. The summed E-state index contributed by atoms with van der Waals surface area (Å²) in [6, 6.07) is -1.06. The van der Waals surface area contributed by atoms with Crippen LogP contribution in [0, 0.1) is 0 Å². The molecule has 0 unspecified atom stereocenters. The number of carboxylic acids is 2. The Morgan fingerprint density at radius 3 is 1.71 bits per heavy atom. The van der Waals surface area contributed by atoms with Gasteiger partial charge in [-0.2, -0.15) is 8.42 Å². The van der Waals surface area contributed by atoms with Crippen LogP contribution in [0.1, 0.15) is 17.1 Å². The van der Waals surface area contributed by atoms with Gasteiger partial charge in [0.25, 0.3) is 0 Å². The van der Waals surface area contributed by atoms with E-state index in [1.165, 1.54) is 0 Å². The van der Waals surface area contributed by atoms with Gasteiger partial charge in [-0.05, 0) is 6.42 Å². The van der Waals surface area contributed by atoms with E-state index in [1.807, 2.05) is 0 Å². The number of rotatable bonds is 4. The molecule has 0 bridgehead atoms. The normalized spacial score (nSPS) is 10.8. The van der Waals surface area contributed by atoms with Crippen molar-refractivity contribution in [3.05, 3.63) is 0 Å². The van der Waals surface area contributed by atoms with Crippen molar-refractivity contribution in [2.75, 3.05) is 0 Å². The first-order valence-corrected chi connectivity index (χ1v) is 4.83. The van der Waals surface area contributed by atoms with Crippen LogP contribution >= 0.6 is 0 Å². The average molecular weight is 296 g/mol. The molecule has 0 aromatic heterocycles. The van der Waals surface area contributed by atoms with Gasteiger partial charge in [0.1, 0.15) is 6.04 Å². The molecule has 0 heterocycles. The fourth-order valence-electron chi connectivity index (χ4n) is 0.402. The SMILES string of the molecule is N[C@@H](CCC(=O)O)C(=O)O.O=S(=O)(O)O.[H-].[H-].[H-].[Mg+2].[Na+]. The molecule has 0 radical (unpaired) electrons. The summed E-state index contributed by atoms with van der Waals surface area (Å²) >= 11 is 0. The van der Waals surface area contributed by atoms with Crippen LogP contribution in [0.2, 0.25) is 0 Å². The number of nitrogens with two attached hydrogens (primary N) is 1. The second kappa shape index (κ2) is 13.0. The maximum atomic E-state index is 9.99. The quantitative estimate of drug-likeness (QED) is 0.253. The smallest absolute Gasteiger partial charge is 1.00 e. The summed E-state index contributed by atoms with van der Waals surface area (Å²) in [6.45, 7) is 0. The van der Waals surface area contributed by atoms with Crippen LogP contribution in [0.4, 0.5) is 0 Å². The molecule has 0 aliphatic heterocycles. The standard InChI is InChI=1S/C5H9NO4.Mg.Na.H2O4S.3H/c6-3(5(9)10)1-2-4(7)8;;;1-5(2,3)4;;;/h3H,1-2,6H2,(H,7,8)(H,9,10);;;(H2,1,2,3,4);;;/q;+2;+1;;3*-1/t3-;;;;;;/m0....../s1. The molecule has 0 saturated heterocycles. The van der Waals surface area contributed by atoms with E-state index >= 15 is 0 Å². The molecule has 1 atom stereocenters. The topological polar surface area (TPSA) is 175 Å². The largest absolute Gasteiger partial charge is 2.00 e. The van der Waals surface area contributed by atoms with Crippen molar-refractivity contribution >= 4 is 45.4 Å². The van der Waals surface area contributed by atoms with Crippen LogP contribution < -0.4 is 35.3 Å². The number of carbonyl (C=O) groups is 2. The molecule has 0 aromatic rings. The first-order valence-electron chi connectivity index (χ1n) is 3.44. The van der Waals surface area contributed by atoms with E-state index in [0.29, 0.717) is 0 Å². The van der Waals surface area contributed by atoms with E-state index < -0.39 is 28.4 Å². The third-order valence-corrected chi connectivity index (χ3v) is 0.986. The van der Waals surface area contributed by atoms with Crippen LogP contribution in [0.15, 0.2) is 0 Å². The predicted molar refractivity (Wildman–Crippen MR) is 55.7 cm³/mol. The van der Waals surface area contributed by atoms with Gasteiger partial charge in [0.15, 0.2) is 0 Å². The summed E-state index contributed by atoms with van der Waals surface area (Å²) in [6.07, 6.45) is -0.224. The molecule has 0 aliphatic carbocycles. The monoisotopic (exact) mass is 295 g/mol. The van der Waals surface area contributed by atoms with E-state index in [4.69, 9.17) is 33.5 Å². The van der Waals surface area contributed by atoms with E-state index in [-0.39, 0.29) is 69.7 Å². The summed E-state index contributed by atoms with van der Waals surface area (Å²) in [7, 11) is -4.67. The minimum atomic E-state index is -4.67. The summed E-state index contributed by atoms with van der Waals surface area (Å²) in [4.78, 5) is 19.9. The molecule has 9 nitrogen and oxygen atoms in total. The minimum Gasteiger partial charge on any atom is -1.00 e. The van der Waals surface area contributed by atoms with Crippen LogP contribution in [0.25, 0.3) is 0 Å². The first kappa shape index (κ1) is 26.2. The van der Waals surface area contributed by atoms with E-state index in [9.17, 15) is 9.59 Å². The molecule has 0 aromatic carbocycles. The summed E-state index contributed by atoms with van der Waals surface area (Å²) < 4.78 is 31.6. The van der Waals surface area contributed by atoms with Crippen molar-refractivity contribution in [1.29, 1.82) is 0 Å². The van der Waals surface area contributed by atoms with Gasteiger partial charge in [0.2, 0.25) is 0 Å². The van der Waals surface area contributed by atoms with E-state index in [2.05, 4.69) is 0 Å². The third-order valence-electron chi connectivity index (χ3n) is 0.986. The number of hydrogen-bond donors (Lipinski definition) is 5. The Hall–Kier alpha value is 0.536. The number of hydrogen-bond acceptors (Lipinski definition) is 5. The number of carboxylic acid groups (broad SMARTS) is 2. The van der Waals surface area contributed by atoms with E-state index in [1.54, 1.807) is 0 Å².